The number of aromatic nitrogens is 1. The van der Waals surface area contributed by atoms with Crippen LogP contribution in [0.2, 0.25) is 0 Å². The lowest BCUT2D eigenvalue weighted by Gasteiger charge is -2.18. The van der Waals surface area contributed by atoms with Crippen molar-refractivity contribution in [3.63, 3.8) is 0 Å². The first-order valence-corrected chi connectivity index (χ1v) is 16.7. The van der Waals surface area contributed by atoms with Crippen LogP contribution in [0.15, 0.2) is 180 Å². The summed E-state index contributed by atoms with van der Waals surface area (Å²) in [5, 5.41) is 9.56. The van der Waals surface area contributed by atoms with E-state index in [1.807, 2.05) is 6.20 Å². The molecule has 0 saturated heterocycles. The van der Waals surface area contributed by atoms with E-state index in [1.54, 1.807) is 0 Å². The minimum Gasteiger partial charge on any atom is -0.455 e. The van der Waals surface area contributed by atoms with E-state index in [4.69, 9.17) is 9.40 Å². The third kappa shape index (κ3) is 4.38. The maximum absolute atomic E-state index is 6.52. The van der Waals surface area contributed by atoms with Crippen LogP contribution < -0.4 is 0 Å². The van der Waals surface area contributed by atoms with Crippen LogP contribution in [0.1, 0.15) is 0 Å². The maximum Gasteiger partial charge on any atom is 0.144 e. The lowest BCUT2D eigenvalue weighted by atomic mass is 9.86. The minimum absolute atomic E-state index is 0.868. The maximum atomic E-state index is 6.52. The molecule has 0 atom stereocenters. The first kappa shape index (κ1) is 27.6. The zero-order chi connectivity index (χ0) is 32.3. The lowest BCUT2D eigenvalue weighted by Crippen LogP contribution is -1.92. The number of hydrogen-bond donors (Lipinski definition) is 0. The Bertz CT molecular complexity index is 2790. The van der Waals surface area contributed by atoms with Gasteiger partial charge in [0.1, 0.15) is 11.2 Å². The van der Waals surface area contributed by atoms with E-state index < -0.39 is 0 Å². The van der Waals surface area contributed by atoms with Crippen molar-refractivity contribution < 1.29 is 4.42 Å². The van der Waals surface area contributed by atoms with E-state index in [1.165, 1.54) is 60.1 Å². The van der Waals surface area contributed by atoms with Crippen molar-refractivity contribution in [2.45, 2.75) is 0 Å². The van der Waals surface area contributed by atoms with E-state index in [2.05, 4.69) is 170 Å². The van der Waals surface area contributed by atoms with Gasteiger partial charge in [0.15, 0.2) is 0 Å². The van der Waals surface area contributed by atoms with E-state index in [9.17, 15) is 0 Å². The molecule has 0 bridgehead atoms. The molecule has 0 spiro atoms. The highest BCUT2D eigenvalue weighted by molar-refractivity contribution is 6.22. The Hall–Kier alpha value is -6.51. The third-order valence-corrected chi connectivity index (χ3v) is 9.93. The fourth-order valence-electron chi connectivity index (χ4n) is 7.68. The number of pyridine rings is 1. The Morgan fingerprint density at radius 2 is 0.918 bits per heavy atom. The van der Waals surface area contributed by atoms with Gasteiger partial charge in [0.05, 0.1) is 5.69 Å². The summed E-state index contributed by atoms with van der Waals surface area (Å²) in [6.45, 7) is 0. The van der Waals surface area contributed by atoms with Crippen molar-refractivity contribution in [2.75, 3.05) is 0 Å². The summed E-state index contributed by atoms with van der Waals surface area (Å²) in [4.78, 5) is 5.08. The van der Waals surface area contributed by atoms with Gasteiger partial charge in [-0.05, 0) is 78.3 Å². The Labute approximate surface area is 283 Å². The first-order valence-electron chi connectivity index (χ1n) is 16.7. The van der Waals surface area contributed by atoms with Gasteiger partial charge < -0.3 is 4.42 Å². The van der Waals surface area contributed by atoms with Crippen LogP contribution in [0.4, 0.5) is 0 Å². The van der Waals surface area contributed by atoms with Gasteiger partial charge >= 0.3 is 0 Å². The van der Waals surface area contributed by atoms with Crippen molar-refractivity contribution in [2.24, 2.45) is 0 Å². The predicted octanol–water partition coefficient (Wildman–Crippen LogP) is 13.1. The second kappa shape index (κ2) is 11.0. The minimum atomic E-state index is 0.868. The van der Waals surface area contributed by atoms with Crippen molar-refractivity contribution in [1.82, 2.24) is 4.98 Å². The van der Waals surface area contributed by atoms with E-state index in [-0.39, 0.29) is 0 Å². The van der Waals surface area contributed by atoms with Crippen LogP contribution in [0.3, 0.4) is 0 Å². The summed E-state index contributed by atoms with van der Waals surface area (Å²) >= 11 is 0. The lowest BCUT2D eigenvalue weighted by molar-refractivity contribution is 0.670. The molecule has 10 rings (SSSR count). The average Bonchev–Trinajstić information content (AvgIpc) is 3.57. The fraction of sp³-hybridized carbons (Fsp3) is 0. The molecule has 0 aliphatic heterocycles. The van der Waals surface area contributed by atoms with Gasteiger partial charge in [-0.1, -0.05) is 152 Å². The molecule has 2 heteroatoms. The molecule has 8 aromatic carbocycles. The van der Waals surface area contributed by atoms with Crippen LogP contribution in [-0.2, 0) is 0 Å². The summed E-state index contributed by atoms with van der Waals surface area (Å²) in [7, 11) is 0. The number of rotatable bonds is 4. The van der Waals surface area contributed by atoms with E-state index in [0.717, 1.165) is 38.8 Å². The molecule has 10 aromatic rings. The van der Waals surface area contributed by atoms with Gasteiger partial charge in [-0.25, -0.2) is 0 Å². The van der Waals surface area contributed by atoms with Gasteiger partial charge in [-0.3, -0.25) is 4.98 Å². The molecule has 0 aliphatic carbocycles. The molecular formula is C47H29NO. The number of furan rings is 1. The monoisotopic (exact) mass is 623 g/mol. The standard InChI is InChI=1S/C47H29NO/c1-2-11-30(12-3-1)31-21-23-33(24-22-31)44-36-15-6-8-17-38(36)45(39-18-9-7-16-37(39)44)34-25-27-42(48-29-34)40-19-10-20-41-46-35-14-5-4-13-32(35)26-28-43(46)49-47(40)41/h1-29H. The molecule has 2 aromatic heterocycles. The summed E-state index contributed by atoms with van der Waals surface area (Å²) < 4.78 is 6.52. The molecule has 0 unspecified atom stereocenters. The second-order valence-corrected chi connectivity index (χ2v) is 12.7. The van der Waals surface area contributed by atoms with Crippen molar-refractivity contribution in [3.8, 4) is 44.6 Å². The van der Waals surface area contributed by atoms with Crippen molar-refractivity contribution >= 4 is 54.3 Å². The molecular weight excluding hydrogens is 595 g/mol. The van der Waals surface area contributed by atoms with Gasteiger partial charge in [0.2, 0.25) is 0 Å². The highest BCUT2D eigenvalue weighted by atomic mass is 16.3. The smallest absolute Gasteiger partial charge is 0.144 e. The molecule has 0 fully saturated rings. The van der Waals surface area contributed by atoms with E-state index in [0.29, 0.717) is 0 Å². The van der Waals surface area contributed by atoms with Crippen LogP contribution in [0.25, 0.3) is 98.9 Å². The average molecular weight is 624 g/mol. The SMILES string of the molecule is c1ccc(-c2ccc(-c3c4ccccc4c(-c4ccc(-c5cccc6c5oc5ccc7ccccc7c56)nc4)c4ccccc34)cc2)cc1. The van der Waals surface area contributed by atoms with E-state index >= 15 is 0 Å². The van der Waals surface area contributed by atoms with Gasteiger partial charge in [0, 0.05) is 28.1 Å². The third-order valence-electron chi connectivity index (χ3n) is 9.93. The fourth-order valence-corrected chi connectivity index (χ4v) is 7.68. The second-order valence-electron chi connectivity index (χ2n) is 12.7. The molecule has 0 saturated carbocycles. The largest absolute Gasteiger partial charge is 0.455 e. The predicted molar refractivity (Wildman–Crippen MR) is 206 cm³/mol. The van der Waals surface area contributed by atoms with Crippen LogP contribution >= 0.6 is 0 Å². The number of fused-ring (bicyclic) bond motifs is 7. The Balaban J connectivity index is 1.12. The quantitative estimate of drug-likeness (QED) is 0.182. The highest BCUT2D eigenvalue weighted by Gasteiger charge is 2.18. The summed E-state index contributed by atoms with van der Waals surface area (Å²) in [6.07, 6.45) is 2.02. The molecule has 49 heavy (non-hydrogen) atoms. The molecule has 2 nitrogen and oxygen atoms in total. The molecule has 0 aliphatic rings. The summed E-state index contributed by atoms with van der Waals surface area (Å²) in [5.41, 5.74) is 10.8. The summed E-state index contributed by atoms with van der Waals surface area (Å²) in [5.74, 6) is 0. The number of nitrogens with zero attached hydrogens (tertiary/aromatic N) is 1. The number of para-hydroxylation sites is 1. The Kier molecular flexibility index (Phi) is 6.22. The van der Waals surface area contributed by atoms with Crippen LogP contribution in [0, 0.1) is 0 Å². The molecule has 2 heterocycles. The number of benzene rings is 8. The Morgan fingerprint density at radius 1 is 0.367 bits per heavy atom. The van der Waals surface area contributed by atoms with Gasteiger partial charge in [0.25, 0.3) is 0 Å². The molecule has 0 amide bonds. The number of hydrogen-bond acceptors (Lipinski definition) is 2. The zero-order valence-corrected chi connectivity index (χ0v) is 26.6. The van der Waals surface area contributed by atoms with Crippen molar-refractivity contribution in [1.29, 1.82) is 0 Å². The van der Waals surface area contributed by atoms with Crippen LogP contribution in [0.5, 0.6) is 0 Å². The first-order chi connectivity index (χ1) is 24.3. The zero-order valence-electron chi connectivity index (χ0n) is 26.6. The molecule has 0 N–H and O–H groups in total. The Morgan fingerprint density at radius 3 is 1.59 bits per heavy atom. The summed E-state index contributed by atoms with van der Waals surface area (Å²) in [6, 6.07) is 60.5. The normalized spacial score (nSPS) is 11.7. The van der Waals surface area contributed by atoms with Gasteiger partial charge in [-0.15, -0.1) is 0 Å². The van der Waals surface area contributed by atoms with Crippen molar-refractivity contribution in [3.05, 3.63) is 176 Å². The van der Waals surface area contributed by atoms with Gasteiger partial charge in [-0.2, -0.15) is 0 Å². The highest BCUT2D eigenvalue weighted by Crippen LogP contribution is 2.44. The molecule has 0 radical (unpaired) electrons. The topological polar surface area (TPSA) is 26.0 Å². The van der Waals surface area contributed by atoms with Crippen LogP contribution in [-0.4, -0.2) is 4.98 Å². The molecule has 228 valence electrons.